The molecule has 4 heteroatoms. The molecule has 0 amide bonds. The molecule has 1 aliphatic rings. The average Bonchev–Trinajstić information content (AvgIpc) is 2.46. The van der Waals surface area contributed by atoms with Crippen LogP contribution in [0.3, 0.4) is 0 Å². The molecule has 1 atom stereocenters. The molecule has 98 valence electrons. The number of hydrogen-bond acceptors (Lipinski definition) is 4. The molecular formula is C15H14O4. The van der Waals surface area contributed by atoms with Crippen LogP contribution in [-0.2, 0) is 0 Å². The minimum absolute atomic E-state index is 0.0995. The standard InChI is InChI=1S/C15H14O4/c1-17-12-7-6-10(8-11(12)16)15-9-18-13-4-2-3-5-14(13)19-15/h2-8,15-16H,9H2,1H3. The molecule has 0 saturated heterocycles. The van der Waals surface area contributed by atoms with Crippen LogP contribution in [0.4, 0.5) is 0 Å². The van der Waals surface area contributed by atoms with E-state index in [1.165, 1.54) is 7.11 Å². The van der Waals surface area contributed by atoms with Crippen molar-refractivity contribution in [3.63, 3.8) is 0 Å². The molecule has 2 aromatic rings. The number of para-hydroxylation sites is 2. The summed E-state index contributed by atoms with van der Waals surface area (Å²) in [5.74, 6) is 2.01. The maximum atomic E-state index is 9.80. The third-order valence-corrected chi connectivity index (χ3v) is 3.08. The number of ether oxygens (including phenoxy) is 3. The number of benzene rings is 2. The monoisotopic (exact) mass is 258 g/mol. The van der Waals surface area contributed by atoms with Crippen LogP contribution in [0, 0.1) is 0 Å². The largest absolute Gasteiger partial charge is 0.504 e. The van der Waals surface area contributed by atoms with Gasteiger partial charge < -0.3 is 19.3 Å². The van der Waals surface area contributed by atoms with Gasteiger partial charge in [0.15, 0.2) is 29.1 Å². The summed E-state index contributed by atoms with van der Waals surface area (Å²) >= 11 is 0. The maximum Gasteiger partial charge on any atom is 0.162 e. The molecule has 1 N–H and O–H groups in total. The Morgan fingerprint density at radius 3 is 2.68 bits per heavy atom. The molecule has 3 rings (SSSR count). The van der Waals surface area contributed by atoms with Gasteiger partial charge in [0.2, 0.25) is 0 Å². The van der Waals surface area contributed by atoms with Gasteiger partial charge in [0.05, 0.1) is 7.11 Å². The smallest absolute Gasteiger partial charge is 0.162 e. The summed E-state index contributed by atoms with van der Waals surface area (Å²) in [6.07, 6.45) is -0.230. The lowest BCUT2D eigenvalue weighted by molar-refractivity contribution is 0.0911. The Morgan fingerprint density at radius 2 is 1.95 bits per heavy atom. The third kappa shape index (κ3) is 2.17. The third-order valence-electron chi connectivity index (χ3n) is 3.08. The van der Waals surface area contributed by atoms with Gasteiger partial charge in [-0.3, -0.25) is 0 Å². The SMILES string of the molecule is COc1ccc(C2COc3ccccc3O2)cc1O. The van der Waals surface area contributed by atoms with E-state index in [-0.39, 0.29) is 11.9 Å². The van der Waals surface area contributed by atoms with E-state index in [4.69, 9.17) is 14.2 Å². The Hall–Kier alpha value is -2.36. The fourth-order valence-corrected chi connectivity index (χ4v) is 2.09. The van der Waals surface area contributed by atoms with E-state index >= 15 is 0 Å². The van der Waals surface area contributed by atoms with Crippen molar-refractivity contribution in [1.29, 1.82) is 0 Å². The number of aromatic hydroxyl groups is 1. The summed E-state index contributed by atoms with van der Waals surface area (Å²) in [5.41, 5.74) is 0.854. The molecule has 4 nitrogen and oxygen atoms in total. The predicted molar refractivity (Wildman–Crippen MR) is 70.0 cm³/mol. The minimum Gasteiger partial charge on any atom is -0.504 e. The van der Waals surface area contributed by atoms with Crippen molar-refractivity contribution in [3.8, 4) is 23.0 Å². The lowest BCUT2D eigenvalue weighted by atomic mass is 10.1. The molecule has 0 fully saturated rings. The van der Waals surface area contributed by atoms with Crippen molar-refractivity contribution in [1.82, 2.24) is 0 Å². The number of fused-ring (bicyclic) bond motifs is 1. The quantitative estimate of drug-likeness (QED) is 0.899. The Balaban J connectivity index is 1.87. The number of phenolic OH excluding ortho intramolecular Hbond substituents is 1. The highest BCUT2D eigenvalue weighted by Gasteiger charge is 2.22. The van der Waals surface area contributed by atoms with Crippen LogP contribution in [0.15, 0.2) is 42.5 Å². The maximum absolute atomic E-state index is 9.80. The van der Waals surface area contributed by atoms with Gasteiger partial charge in [0.1, 0.15) is 6.61 Å². The van der Waals surface area contributed by atoms with Gasteiger partial charge in [-0.2, -0.15) is 0 Å². The Kier molecular flexibility index (Phi) is 2.91. The number of rotatable bonds is 2. The molecule has 0 spiro atoms. The van der Waals surface area contributed by atoms with Crippen LogP contribution >= 0.6 is 0 Å². The first kappa shape index (κ1) is 11.7. The fraction of sp³-hybridized carbons (Fsp3) is 0.200. The highest BCUT2D eigenvalue weighted by atomic mass is 16.6. The fourth-order valence-electron chi connectivity index (χ4n) is 2.09. The first-order valence-electron chi connectivity index (χ1n) is 6.03. The summed E-state index contributed by atoms with van der Waals surface area (Å²) in [5, 5.41) is 9.80. The zero-order chi connectivity index (χ0) is 13.2. The van der Waals surface area contributed by atoms with Crippen molar-refractivity contribution >= 4 is 0 Å². The molecule has 1 heterocycles. The van der Waals surface area contributed by atoms with Gasteiger partial charge in [-0.1, -0.05) is 18.2 Å². The second-order valence-electron chi connectivity index (χ2n) is 4.30. The van der Waals surface area contributed by atoms with Crippen molar-refractivity contribution in [3.05, 3.63) is 48.0 Å². The Morgan fingerprint density at radius 1 is 1.16 bits per heavy atom. The zero-order valence-corrected chi connectivity index (χ0v) is 10.5. The van der Waals surface area contributed by atoms with Crippen molar-refractivity contribution in [2.45, 2.75) is 6.10 Å². The topological polar surface area (TPSA) is 47.9 Å². The second kappa shape index (κ2) is 4.72. The van der Waals surface area contributed by atoms with E-state index in [0.717, 1.165) is 11.3 Å². The second-order valence-corrected chi connectivity index (χ2v) is 4.30. The summed E-state index contributed by atoms with van der Waals surface area (Å²) < 4.78 is 16.5. The van der Waals surface area contributed by atoms with Gasteiger partial charge in [-0.05, 0) is 29.8 Å². The number of methoxy groups -OCH3 is 1. The van der Waals surface area contributed by atoms with E-state index in [1.807, 2.05) is 30.3 Å². The molecule has 1 unspecified atom stereocenters. The van der Waals surface area contributed by atoms with Gasteiger partial charge in [0.25, 0.3) is 0 Å². The molecule has 0 bridgehead atoms. The van der Waals surface area contributed by atoms with Crippen LogP contribution in [-0.4, -0.2) is 18.8 Å². The van der Waals surface area contributed by atoms with Crippen molar-refractivity contribution in [2.75, 3.05) is 13.7 Å². The van der Waals surface area contributed by atoms with Crippen LogP contribution < -0.4 is 14.2 Å². The lowest BCUT2D eigenvalue weighted by Crippen LogP contribution is -2.21. The number of phenols is 1. The molecular weight excluding hydrogens is 244 g/mol. The minimum atomic E-state index is -0.230. The average molecular weight is 258 g/mol. The Bertz CT molecular complexity index is 594. The summed E-state index contributed by atoms with van der Waals surface area (Å²) in [7, 11) is 1.52. The molecule has 0 aliphatic carbocycles. The highest BCUT2D eigenvalue weighted by Crippen LogP contribution is 2.37. The molecule has 0 aromatic heterocycles. The van der Waals surface area contributed by atoms with E-state index < -0.39 is 0 Å². The molecule has 1 aliphatic heterocycles. The van der Waals surface area contributed by atoms with Crippen molar-refractivity contribution < 1.29 is 19.3 Å². The van der Waals surface area contributed by atoms with Gasteiger partial charge >= 0.3 is 0 Å². The van der Waals surface area contributed by atoms with E-state index in [1.54, 1.807) is 12.1 Å². The number of hydrogen-bond donors (Lipinski definition) is 1. The molecule has 0 saturated carbocycles. The van der Waals surface area contributed by atoms with E-state index in [0.29, 0.717) is 18.1 Å². The van der Waals surface area contributed by atoms with Crippen LogP contribution in [0.5, 0.6) is 23.0 Å². The van der Waals surface area contributed by atoms with Crippen LogP contribution in [0.2, 0.25) is 0 Å². The zero-order valence-electron chi connectivity index (χ0n) is 10.5. The summed E-state index contributed by atoms with van der Waals surface area (Å²) in [4.78, 5) is 0. The summed E-state index contributed by atoms with van der Waals surface area (Å²) in [6.45, 7) is 0.419. The van der Waals surface area contributed by atoms with E-state index in [2.05, 4.69) is 0 Å². The molecule has 0 radical (unpaired) electrons. The van der Waals surface area contributed by atoms with Crippen LogP contribution in [0.1, 0.15) is 11.7 Å². The Labute approximate surface area is 111 Å². The first-order valence-corrected chi connectivity index (χ1v) is 6.03. The van der Waals surface area contributed by atoms with Crippen molar-refractivity contribution in [2.24, 2.45) is 0 Å². The summed E-state index contributed by atoms with van der Waals surface area (Å²) in [6, 6.07) is 12.8. The van der Waals surface area contributed by atoms with Gasteiger partial charge in [-0.25, -0.2) is 0 Å². The lowest BCUT2D eigenvalue weighted by Gasteiger charge is -2.26. The van der Waals surface area contributed by atoms with Gasteiger partial charge in [-0.15, -0.1) is 0 Å². The molecule has 19 heavy (non-hydrogen) atoms. The molecule has 2 aromatic carbocycles. The highest BCUT2D eigenvalue weighted by molar-refractivity contribution is 5.45. The van der Waals surface area contributed by atoms with Crippen LogP contribution in [0.25, 0.3) is 0 Å². The van der Waals surface area contributed by atoms with E-state index in [9.17, 15) is 5.11 Å². The first-order chi connectivity index (χ1) is 9.28. The normalized spacial score (nSPS) is 17.0. The van der Waals surface area contributed by atoms with Gasteiger partial charge in [0, 0.05) is 0 Å². The predicted octanol–water partition coefficient (Wildman–Crippen LogP) is 2.91.